The molecule has 0 aromatic carbocycles. The lowest BCUT2D eigenvalue weighted by Gasteiger charge is -2.24. The summed E-state index contributed by atoms with van der Waals surface area (Å²) in [7, 11) is 4.15. The summed E-state index contributed by atoms with van der Waals surface area (Å²) in [4.78, 5) is 22.0. The van der Waals surface area contributed by atoms with Crippen LogP contribution in [-0.4, -0.2) is 68.5 Å². The molecular weight excluding hydrogens is 449 g/mol. The first-order valence-corrected chi connectivity index (χ1v) is 9.49. The van der Waals surface area contributed by atoms with E-state index < -0.39 is 0 Å². The second-order valence-electron chi connectivity index (χ2n) is 6.16. The molecule has 25 heavy (non-hydrogen) atoms. The molecule has 0 saturated carbocycles. The molecule has 8 heteroatoms. The molecule has 1 saturated heterocycles. The van der Waals surface area contributed by atoms with Gasteiger partial charge in [-0.25, -0.2) is 4.99 Å². The van der Waals surface area contributed by atoms with Crippen LogP contribution in [-0.2, 0) is 4.79 Å². The van der Waals surface area contributed by atoms with Crippen molar-refractivity contribution < 1.29 is 4.79 Å². The van der Waals surface area contributed by atoms with Crippen molar-refractivity contribution in [3.8, 4) is 0 Å². The molecule has 0 spiro atoms. The molecule has 2 heterocycles. The van der Waals surface area contributed by atoms with Crippen molar-refractivity contribution in [3.63, 3.8) is 0 Å². The molecule has 0 radical (unpaired) electrons. The minimum Gasteiger partial charge on any atom is -0.357 e. The van der Waals surface area contributed by atoms with Crippen LogP contribution in [0.5, 0.6) is 0 Å². The maximum Gasteiger partial charge on any atom is 0.244 e. The predicted molar refractivity (Wildman–Crippen MR) is 116 cm³/mol. The number of likely N-dealkylation sites (tertiary alicyclic amines) is 1. The number of thiophene rings is 1. The second-order valence-corrected chi connectivity index (χ2v) is 7.14. The van der Waals surface area contributed by atoms with Gasteiger partial charge in [0.05, 0.1) is 6.04 Å². The van der Waals surface area contributed by atoms with Gasteiger partial charge in [-0.1, -0.05) is 6.07 Å². The van der Waals surface area contributed by atoms with E-state index in [2.05, 4.69) is 52.1 Å². The monoisotopic (exact) mass is 479 g/mol. The molecule has 1 unspecified atom stereocenters. The van der Waals surface area contributed by atoms with Crippen molar-refractivity contribution in [2.24, 2.45) is 4.99 Å². The summed E-state index contributed by atoms with van der Waals surface area (Å²) >= 11 is 1.76. The number of carbonyl (C=O) groups excluding carboxylic acids is 1. The van der Waals surface area contributed by atoms with E-state index in [0.717, 1.165) is 39.0 Å². The van der Waals surface area contributed by atoms with Gasteiger partial charge in [-0.15, -0.1) is 35.3 Å². The van der Waals surface area contributed by atoms with Crippen LogP contribution in [0, 0.1) is 0 Å². The Kier molecular flexibility index (Phi) is 10.4. The smallest absolute Gasteiger partial charge is 0.244 e. The first kappa shape index (κ1) is 22.2. The molecule has 1 amide bonds. The number of guanidine groups is 1. The van der Waals surface area contributed by atoms with E-state index in [0.29, 0.717) is 5.96 Å². The van der Waals surface area contributed by atoms with Crippen molar-refractivity contribution in [1.82, 2.24) is 20.4 Å². The van der Waals surface area contributed by atoms with Gasteiger partial charge >= 0.3 is 0 Å². The van der Waals surface area contributed by atoms with Gasteiger partial charge in [0.25, 0.3) is 0 Å². The quantitative estimate of drug-likeness (QED) is 0.358. The third-order valence-corrected chi connectivity index (χ3v) is 5.11. The third kappa shape index (κ3) is 7.10. The SMILES string of the molecule is CCNC(=NCC(=O)N1CCCC1)NCC(c1cccs1)N(C)C.I. The Morgan fingerprint density at radius 1 is 1.36 bits per heavy atom. The average Bonchev–Trinajstić information content (AvgIpc) is 3.25. The number of hydrogen-bond donors (Lipinski definition) is 2. The topological polar surface area (TPSA) is 60.0 Å². The Bertz CT molecular complexity index is 529. The van der Waals surface area contributed by atoms with Gasteiger partial charge in [0.2, 0.25) is 5.91 Å². The molecular formula is C17H30IN5OS. The van der Waals surface area contributed by atoms with Crippen LogP contribution < -0.4 is 10.6 Å². The highest BCUT2D eigenvalue weighted by Gasteiger charge is 2.18. The van der Waals surface area contributed by atoms with Crippen LogP contribution in [0.1, 0.15) is 30.7 Å². The van der Waals surface area contributed by atoms with E-state index in [4.69, 9.17) is 0 Å². The summed E-state index contributed by atoms with van der Waals surface area (Å²) in [6.45, 7) is 5.51. The number of amides is 1. The molecule has 2 N–H and O–H groups in total. The average molecular weight is 479 g/mol. The van der Waals surface area contributed by atoms with Crippen LogP contribution in [0.4, 0.5) is 0 Å². The number of aliphatic imine (C=N–C) groups is 1. The molecule has 1 aromatic heterocycles. The molecule has 0 bridgehead atoms. The van der Waals surface area contributed by atoms with Gasteiger partial charge in [-0.05, 0) is 45.3 Å². The maximum atomic E-state index is 12.1. The minimum atomic E-state index is 0. The van der Waals surface area contributed by atoms with Crippen LogP contribution in [0.3, 0.4) is 0 Å². The van der Waals surface area contributed by atoms with Crippen LogP contribution in [0.25, 0.3) is 0 Å². The largest absolute Gasteiger partial charge is 0.357 e. The minimum absolute atomic E-state index is 0. The second kappa shape index (κ2) is 11.7. The number of nitrogens with one attached hydrogen (secondary N) is 2. The van der Waals surface area contributed by atoms with Gasteiger partial charge < -0.3 is 20.4 Å². The summed E-state index contributed by atoms with van der Waals surface area (Å²) in [6.07, 6.45) is 2.22. The highest BCUT2D eigenvalue weighted by Crippen LogP contribution is 2.22. The summed E-state index contributed by atoms with van der Waals surface area (Å²) < 4.78 is 0. The summed E-state index contributed by atoms with van der Waals surface area (Å²) in [6, 6.07) is 4.51. The Morgan fingerprint density at radius 3 is 2.64 bits per heavy atom. The van der Waals surface area contributed by atoms with Gasteiger partial charge in [0.15, 0.2) is 5.96 Å². The van der Waals surface area contributed by atoms with E-state index in [1.54, 1.807) is 11.3 Å². The Labute approximate surface area is 172 Å². The lowest BCUT2D eigenvalue weighted by Crippen LogP contribution is -2.42. The first-order chi connectivity index (χ1) is 11.6. The fraction of sp³-hybridized carbons (Fsp3) is 0.647. The third-order valence-electron chi connectivity index (χ3n) is 4.13. The number of rotatable bonds is 7. The predicted octanol–water partition coefficient (Wildman–Crippen LogP) is 2.15. The van der Waals surface area contributed by atoms with Crippen LogP contribution >= 0.6 is 35.3 Å². The van der Waals surface area contributed by atoms with Crippen molar-refractivity contribution in [3.05, 3.63) is 22.4 Å². The zero-order valence-corrected chi connectivity index (χ0v) is 18.5. The van der Waals surface area contributed by atoms with E-state index in [1.165, 1.54) is 4.88 Å². The molecule has 2 rings (SSSR count). The lowest BCUT2D eigenvalue weighted by atomic mass is 10.2. The van der Waals surface area contributed by atoms with Gasteiger partial charge in [-0.3, -0.25) is 4.79 Å². The first-order valence-electron chi connectivity index (χ1n) is 8.61. The normalized spacial score (nSPS) is 15.8. The molecule has 0 aliphatic carbocycles. The highest BCUT2D eigenvalue weighted by molar-refractivity contribution is 14.0. The molecule has 1 atom stereocenters. The number of likely N-dealkylation sites (N-methyl/N-ethyl adjacent to an activating group) is 1. The van der Waals surface area contributed by atoms with Crippen molar-refractivity contribution in [2.45, 2.75) is 25.8 Å². The highest BCUT2D eigenvalue weighted by atomic mass is 127. The fourth-order valence-corrected chi connectivity index (χ4v) is 3.69. The van der Waals surface area contributed by atoms with Crippen molar-refractivity contribution >= 4 is 47.2 Å². The zero-order chi connectivity index (χ0) is 17.4. The van der Waals surface area contributed by atoms with Crippen molar-refractivity contribution in [1.29, 1.82) is 0 Å². The molecule has 1 aliphatic rings. The van der Waals surface area contributed by atoms with E-state index in [-0.39, 0.29) is 42.5 Å². The molecule has 142 valence electrons. The lowest BCUT2D eigenvalue weighted by molar-refractivity contribution is -0.128. The molecule has 1 fully saturated rings. The van der Waals surface area contributed by atoms with Gasteiger partial charge in [0, 0.05) is 31.1 Å². The Hall–Kier alpha value is -0.870. The summed E-state index contributed by atoms with van der Waals surface area (Å²) in [5.74, 6) is 0.820. The number of nitrogens with zero attached hydrogens (tertiary/aromatic N) is 3. The van der Waals surface area contributed by atoms with Gasteiger partial charge in [-0.2, -0.15) is 0 Å². The number of halogens is 1. The summed E-state index contributed by atoms with van der Waals surface area (Å²) in [5.41, 5.74) is 0. The number of carbonyl (C=O) groups is 1. The molecule has 1 aromatic rings. The molecule has 1 aliphatic heterocycles. The van der Waals surface area contributed by atoms with Crippen LogP contribution in [0.15, 0.2) is 22.5 Å². The van der Waals surface area contributed by atoms with E-state index >= 15 is 0 Å². The number of hydrogen-bond acceptors (Lipinski definition) is 4. The summed E-state index contributed by atoms with van der Waals surface area (Å²) in [5, 5.41) is 8.69. The Balaban J connectivity index is 0.00000312. The zero-order valence-electron chi connectivity index (χ0n) is 15.3. The fourth-order valence-electron chi connectivity index (χ4n) is 2.77. The van der Waals surface area contributed by atoms with Crippen molar-refractivity contribution in [2.75, 3.05) is 46.8 Å². The molecule has 6 nitrogen and oxygen atoms in total. The maximum absolute atomic E-state index is 12.1. The standard InChI is InChI=1S/C17H29N5OS.HI/c1-4-18-17(20-13-16(23)22-9-5-6-10-22)19-12-14(21(2)3)15-8-7-11-24-15;/h7-8,11,14H,4-6,9-10,12-13H2,1-3H3,(H2,18,19,20);1H. The van der Waals surface area contributed by atoms with E-state index in [9.17, 15) is 4.79 Å². The van der Waals surface area contributed by atoms with Crippen LogP contribution in [0.2, 0.25) is 0 Å². The van der Waals surface area contributed by atoms with E-state index in [1.807, 2.05) is 11.8 Å². The van der Waals surface area contributed by atoms with Gasteiger partial charge in [0.1, 0.15) is 6.54 Å². The Morgan fingerprint density at radius 2 is 2.08 bits per heavy atom.